The van der Waals surface area contributed by atoms with E-state index in [9.17, 15) is 0 Å². The largest absolute Gasteiger partial charge is 0.330 e. The number of benzene rings is 1. The third kappa shape index (κ3) is 4.13. The average Bonchev–Trinajstić information content (AvgIpc) is 2.25. The maximum Gasteiger partial charge on any atom is 0.0391 e. The molecule has 1 atom stereocenters. The van der Waals surface area contributed by atoms with Gasteiger partial charge in [0.25, 0.3) is 0 Å². The van der Waals surface area contributed by atoms with Crippen molar-refractivity contribution in [1.82, 2.24) is 5.32 Å². The highest BCUT2D eigenvalue weighted by Gasteiger charge is 2.03. The van der Waals surface area contributed by atoms with Crippen LogP contribution in [-0.2, 0) is 0 Å². The molecule has 0 amide bonds. The fraction of sp³-hybridized carbons (Fsp3) is 0.455. The number of nitrogens with one attached hydrogen (secondary N) is 1. The minimum Gasteiger partial charge on any atom is -0.330 e. The molecule has 0 aliphatic rings. The van der Waals surface area contributed by atoms with Gasteiger partial charge in [-0.3, -0.25) is 0 Å². The van der Waals surface area contributed by atoms with E-state index in [0.29, 0.717) is 0 Å². The molecule has 2 nitrogen and oxygen atoms in total. The van der Waals surface area contributed by atoms with Crippen LogP contribution in [-0.4, -0.2) is 19.6 Å². The highest BCUT2D eigenvalue weighted by molar-refractivity contribution is 7.80. The fourth-order valence-electron chi connectivity index (χ4n) is 1.26. The van der Waals surface area contributed by atoms with E-state index in [4.69, 9.17) is 5.73 Å². The zero-order chi connectivity index (χ0) is 10.2. The van der Waals surface area contributed by atoms with E-state index in [-0.39, 0.29) is 5.25 Å². The highest BCUT2D eigenvalue weighted by Crippen LogP contribution is 2.17. The van der Waals surface area contributed by atoms with Crippen LogP contribution in [0, 0.1) is 0 Å². The molecule has 1 rings (SSSR count). The molecule has 78 valence electrons. The summed E-state index contributed by atoms with van der Waals surface area (Å²) in [4.78, 5) is 0. The predicted molar refractivity (Wildman–Crippen MR) is 64.7 cm³/mol. The molecule has 0 saturated carbocycles. The van der Waals surface area contributed by atoms with Crippen molar-refractivity contribution in [1.29, 1.82) is 0 Å². The second-order valence-electron chi connectivity index (χ2n) is 3.27. The van der Waals surface area contributed by atoms with Crippen LogP contribution in [0.1, 0.15) is 17.2 Å². The summed E-state index contributed by atoms with van der Waals surface area (Å²) in [5.74, 6) is 0. The average molecular weight is 210 g/mol. The van der Waals surface area contributed by atoms with E-state index in [2.05, 4.69) is 30.1 Å². The van der Waals surface area contributed by atoms with Crippen molar-refractivity contribution in [2.45, 2.75) is 11.7 Å². The van der Waals surface area contributed by atoms with Gasteiger partial charge in [0.1, 0.15) is 0 Å². The molecule has 1 unspecified atom stereocenters. The standard InChI is InChI=1S/C11H18N2S/c12-7-4-8-13-9-11(14)10-5-2-1-3-6-10/h1-3,5-6,11,13-14H,4,7-9,12H2. The first-order chi connectivity index (χ1) is 6.84. The van der Waals surface area contributed by atoms with E-state index >= 15 is 0 Å². The predicted octanol–water partition coefficient (Wildman–Crippen LogP) is 1.60. The lowest BCUT2D eigenvalue weighted by Gasteiger charge is -2.11. The molecule has 14 heavy (non-hydrogen) atoms. The first kappa shape index (κ1) is 11.6. The van der Waals surface area contributed by atoms with Crippen LogP contribution in [0.3, 0.4) is 0 Å². The summed E-state index contributed by atoms with van der Waals surface area (Å²) >= 11 is 4.53. The molecular weight excluding hydrogens is 192 g/mol. The van der Waals surface area contributed by atoms with Crippen molar-refractivity contribution in [3.8, 4) is 0 Å². The van der Waals surface area contributed by atoms with Crippen molar-refractivity contribution in [2.75, 3.05) is 19.6 Å². The third-order valence-electron chi connectivity index (χ3n) is 2.08. The van der Waals surface area contributed by atoms with Crippen molar-refractivity contribution in [3.05, 3.63) is 35.9 Å². The Kier molecular flexibility index (Phi) is 5.68. The van der Waals surface area contributed by atoms with Gasteiger partial charge >= 0.3 is 0 Å². The summed E-state index contributed by atoms with van der Waals surface area (Å²) in [5, 5.41) is 3.60. The summed E-state index contributed by atoms with van der Waals surface area (Å²) in [6, 6.07) is 10.3. The Hall–Kier alpha value is -0.510. The number of hydrogen-bond donors (Lipinski definition) is 3. The molecule has 3 heteroatoms. The Morgan fingerprint density at radius 3 is 2.64 bits per heavy atom. The van der Waals surface area contributed by atoms with E-state index in [1.54, 1.807) is 0 Å². The molecule has 0 spiro atoms. The molecule has 0 heterocycles. The van der Waals surface area contributed by atoms with Crippen LogP contribution in [0.2, 0.25) is 0 Å². The minimum absolute atomic E-state index is 0.272. The van der Waals surface area contributed by atoms with E-state index in [0.717, 1.165) is 26.1 Å². The Morgan fingerprint density at radius 2 is 2.00 bits per heavy atom. The highest BCUT2D eigenvalue weighted by atomic mass is 32.1. The van der Waals surface area contributed by atoms with Crippen LogP contribution >= 0.6 is 12.6 Å². The van der Waals surface area contributed by atoms with Gasteiger partial charge in [0.15, 0.2) is 0 Å². The molecule has 0 aliphatic carbocycles. The van der Waals surface area contributed by atoms with Gasteiger partial charge in [0.2, 0.25) is 0 Å². The van der Waals surface area contributed by atoms with E-state index in [1.807, 2.05) is 18.2 Å². The molecule has 0 aliphatic heterocycles. The van der Waals surface area contributed by atoms with Gasteiger partial charge in [-0.15, -0.1) is 0 Å². The lowest BCUT2D eigenvalue weighted by molar-refractivity contribution is 0.649. The van der Waals surface area contributed by atoms with Crippen molar-refractivity contribution in [3.63, 3.8) is 0 Å². The quantitative estimate of drug-likeness (QED) is 0.493. The van der Waals surface area contributed by atoms with E-state index < -0.39 is 0 Å². The molecule has 1 aromatic carbocycles. The van der Waals surface area contributed by atoms with E-state index in [1.165, 1.54) is 5.56 Å². The number of nitrogens with two attached hydrogens (primary N) is 1. The summed E-state index contributed by atoms with van der Waals surface area (Å²) in [5.41, 5.74) is 6.66. The van der Waals surface area contributed by atoms with Gasteiger partial charge < -0.3 is 11.1 Å². The van der Waals surface area contributed by atoms with Crippen molar-refractivity contribution >= 4 is 12.6 Å². The molecule has 0 aromatic heterocycles. The molecule has 0 radical (unpaired) electrons. The van der Waals surface area contributed by atoms with Gasteiger partial charge in [0, 0.05) is 11.8 Å². The number of thiol groups is 1. The Bertz CT molecular complexity index is 238. The summed E-state index contributed by atoms with van der Waals surface area (Å²) in [7, 11) is 0. The smallest absolute Gasteiger partial charge is 0.0391 e. The second-order valence-corrected chi connectivity index (χ2v) is 3.90. The normalized spacial score (nSPS) is 12.7. The molecular formula is C11H18N2S. The Balaban J connectivity index is 2.25. The van der Waals surface area contributed by atoms with Gasteiger partial charge in [-0.05, 0) is 25.1 Å². The second kappa shape index (κ2) is 6.87. The number of hydrogen-bond acceptors (Lipinski definition) is 3. The number of rotatable bonds is 6. The first-order valence-electron chi connectivity index (χ1n) is 4.98. The summed E-state index contributed by atoms with van der Waals surface area (Å²) in [6.07, 6.45) is 1.02. The van der Waals surface area contributed by atoms with Gasteiger partial charge in [0.05, 0.1) is 0 Å². The fourth-order valence-corrected chi connectivity index (χ4v) is 1.56. The lowest BCUT2D eigenvalue weighted by atomic mass is 10.1. The molecule has 1 aromatic rings. The van der Waals surface area contributed by atoms with Gasteiger partial charge in [-0.2, -0.15) is 12.6 Å². The van der Waals surface area contributed by atoms with Crippen LogP contribution in [0.5, 0.6) is 0 Å². The zero-order valence-electron chi connectivity index (χ0n) is 8.32. The van der Waals surface area contributed by atoms with Gasteiger partial charge in [-0.25, -0.2) is 0 Å². The molecule has 0 saturated heterocycles. The van der Waals surface area contributed by atoms with Crippen LogP contribution in [0.4, 0.5) is 0 Å². The molecule has 0 fully saturated rings. The maximum atomic E-state index is 5.40. The molecule has 3 N–H and O–H groups in total. The zero-order valence-corrected chi connectivity index (χ0v) is 9.21. The minimum atomic E-state index is 0.272. The Labute approximate surface area is 91.3 Å². The monoisotopic (exact) mass is 210 g/mol. The van der Waals surface area contributed by atoms with Gasteiger partial charge in [-0.1, -0.05) is 30.3 Å². The first-order valence-corrected chi connectivity index (χ1v) is 5.50. The van der Waals surface area contributed by atoms with Crippen molar-refractivity contribution in [2.24, 2.45) is 5.73 Å². The Morgan fingerprint density at radius 1 is 1.29 bits per heavy atom. The van der Waals surface area contributed by atoms with Crippen LogP contribution < -0.4 is 11.1 Å². The van der Waals surface area contributed by atoms with Crippen LogP contribution in [0.25, 0.3) is 0 Å². The third-order valence-corrected chi connectivity index (χ3v) is 2.56. The van der Waals surface area contributed by atoms with Crippen molar-refractivity contribution < 1.29 is 0 Å². The summed E-state index contributed by atoms with van der Waals surface area (Å²) < 4.78 is 0. The lowest BCUT2D eigenvalue weighted by Crippen LogP contribution is -2.22. The molecule has 0 bridgehead atoms. The maximum absolute atomic E-state index is 5.40. The SMILES string of the molecule is NCCCNCC(S)c1ccccc1. The summed E-state index contributed by atoms with van der Waals surface area (Å²) in [6.45, 7) is 2.61. The van der Waals surface area contributed by atoms with Crippen LogP contribution in [0.15, 0.2) is 30.3 Å². The topological polar surface area (TPSA) is 38.0 Å².